The molecule has 0 saturated heterocycles. The fourth-order valence-electron chi connectivity index (χ4n) is 2.04. The smallest absolute Gasteiger partial charge is 0.211 e. The molecule has 0 radical (unpaired) electrons. The number of rotatable bonds is 4. The molecule has 2 rings (SSSR count). The normalized spacial score (nSPS) is 10.0. The first kappa shape index (κ1) is 13.0. The monoisotopic (exact) mass is 253 g/mol. The van der Waals surface area contributed by atoms with Crippen molar-refractivity contribution in [3.8, 4) is 11.1 Å². The van der Waals surface area contributed by atoms with E-state index in [0.717, 1.165) is 22.4 Å². The first-order valence-electron chi connectivity index (χ1n) is 6.04. The highest BCUT2D eigenvalue weighted by atomic mass is 16.1. The number of carbonyl (C=O) groups excluding carboxylic acids is 2. The van der Waals surface area contributed by atoms with E-state index >= 15 is 0 Å². The molecule has 0 aliphatic carbocycles. The van der Waals surface area contributed by atoms with Gasteiger partial charge in [0.15, 0.2) is 5.78 Å². The van der Waals surface area contributed by atoms with Crippen LogP contribution in [0.25, 0.3) is 11.1 Å². The van der Waals surface area contributed by atoms with Gasteiger partial charge in [0.25, 0.3) is 0 Å². The Hall–Kier alpha value is -2.42. The predicted octanol–water partition coefficient (Wildman–Crippen LogP) is 3.43. The lowest BCUT2D eigenvalue weighted by molar-refractivity contribution is -0.105. The fourth-order valence-corrected chi connectivity index (χ4v) is 2.04. The van der Waals surface area contributed by atoms with Gasteiger partial charge in [0.1, 0.15) is 0 Å². The minimum absolute atomic E-state index is 0.0435. The highest BCUT2D eigenvalue weighted by molar-refractivity contribution is 5.95. The first-order valence-corrected chi connectivity index (χ1v) is 6.04. The summed E-state index contributed by atoms with van der Waals surface area (Å²) >= 11 is 0. The molecule has 2 aromatic carbocycles. The molecular formula is C16H15NO2. The van der Waals surface area contributed by atoms with Crippen molar-refractivity contribution in [3.63, 3.8) is 0 Å². The van der Waals surface area contributed by atoms with Gasteiger partial charge < -0.3 is 5.32 Å². The average Bonchev–Trinajstić information content (AvgIpc) is 2.41. The van der Waals surface area contributed by atoms with Crippen molar-refractivity contribution >= 4 is 17.9 Å². The lowest BCUT2D eigenvalue weighted by atomic mass is 9.99. The van der Waals surface area contributed by atoms with Gasteiger partial charge in [-0.3, -0.25) is 9.59 Å². The minimum atomic E-state index is 0.0435. The third-order valence-corrected chi connectivity index (χ3v) is 3.08. The van der Waals surface area contributed by atoms with Crippen molar-refractivity contribution in [3.05, 3.63) is 53.6 Å². The van der Waals surface area contributed by atoms with Crippen LogP contribution in [-0.4, -0.2) is 12.2 Å². The van der Waals surface area contributed by atoms with E-state index in [4.69, 9.17) is 0 Å². The molecule has 1 amide bonds. The highest BCUT2D eigenvalue weighted by Gasteiger charge is 2.07. The number of benzene rings is 2. The lowest BCUT2D eigenvalue weighted by Gasteiger charge is -2.11. The van der Waals surface area contributed by atoms with Crippen molar-refractivity contribution in [2.75, 3.05) is 5.32 Å². The molecule has 0 unspecified atom stereocenters. The number of anilines is 1. The van der Waals surface area contributed by atoms with Gasteiger partial charge >= 0.3 is 0 Å². The largest absolute Gasteiger partial charge is 0.328 e. The van der Waals surface area contributed by atoms with Crippen molar-refractivity contribution in [2.24, 2.45) is 0 Å². The molecule has 0 fully saturated rings. The molecule has 0 aromatic heterocycles. The summed E-state index contributed by atoms with van der Waals surface area (Å²) in [5.41, 5.74) is 4.40. The number of nitrogens with one attached hydrogen (secondary N) is 1. The molecule has 1 N–H and O–H groups in total. The maximum absolute atomic E-state index is 11.3. The van der Waals surface area contributed by atoms with Crippen LogP contribution < -0.4 is 5.32 Å². The Labute approximate surface area is 112 Å². The van der Waals surface area contributed by atoms with E-state index in [-0.39, 0.29) is 5.78 Å². The summed E-state index contributed by atoms with van der Waals surface area (Å²) in [6, 6.07) is 13.2. The number of hydrogen-bond donors (Lipinski definition) is 1. The standard InChI is InChI=1S/C16H15NO2/c1-11-4-3-5-15(16(11)17-10-18)14-8-6-13(7-9-14)12(2)19/h3-10H,1-2H3,(H,17,18). The van der Waals surface area contributed by atoms with Crippen LogP contribution in [0.15, 0.2) is 42.5 Å². The number of ketones is 1. The fraction of sp³-hybridized carbons (Fsp3) is 0.125. The molecule has 3 nitrogen and oxygen atoms in total. The Bertz CT molecular complexity index is 615. The number of hydrogen-bond acceptors (Lipinski definition) is 2. The maximum atomic E-state index is 11.3. The van der Waals surface area contributed by atoms with Crippen LogP contribution in [0.1, 0.15) is 22.8 Å². The van der Waals surface area contributed by atoms with E-state index in [1.54, 1.807) is 19.1 Å². The molecule has 0 bridgehead atoms. The predicted molar refractivity (Wildman–Crippen MR) is 76.3 cm³/mol. The van der Waals surface area contributed by atoms with Crippen molar-refractivity contribution in [2.45, 2.75) is 13.8 Å². The number of Topliss-reactive ketones (excluding diaryl/α,β-unsaturated/α-hetero) is 1. The van der Waals surface area contributed by atoms with Crippen LogP contribution in [0.2, 0.25) is 0 Å². The van der Waals surface area contributed by atoms with Crippen LogP contribution in [-0.2, 0) is 4.79 Å². The number of aryl methyl sites for hydroxylation is 1. The van der Waals surface area contributed by atoms with E-state index in [9.17, 15) is 9.59 Å². The molecule has 0 atom stereocenters. The molecule has 2 aromatic rings. The molecule has 0 aliphatic rings. The Morgan fingerprint density at radius 3 is 2.37 bits per heavy atom. The van der Waals surface area contributed by atoms with Gasteiger partial charge in [-0.15, -0.1) is 0 Å². The Morgan fingerprint density at radius 2 is 1.79 bits per heavy atom. The number of amides is 1. The third kappa shape index (κ3) is 2.71. The Balaban J connectivity index is 2.49. The van der Waals surface area contributed by atoms with Gasteiger partial charge in [0.05, 0.1) is 5.69 Å². The molecule has 0 saturated carbocycles. The summed E-state index contributed by atoms with van der Waals surface area (Å²) in [4.78, 5) is 22.0. The van der Waals surface area contributed by atoms with Gasteiger partial charge in [-0.1, -0.05) is 42.5 Å². The van der Waals surface area contributed by atoms with Crippen molar-refractivity contribution in [1.29, 1.82) is 0 Å². The number of para-hydroxylation sites is 1. The van der Waals surface area contributed by atoms with Crippen LogP contribution in [0.3, 0.4) is 0 Å². The molecular weight excluding hydrogens is 238 g/mol. The molecule has 19 heavy (non-hydrogen) atoms. The molecule has 96 valence electrons. The topological polar surface area (TPSA) is 46.2 Å². The second kappa shape index (κ2) is 5.48. The molecule has 0 heterocycles. The van der Waals surface area contributed by atoms with E-state index in [1.807, 2.05) is 37.3 Å². The van der Waals surface area contributed by atoms with Gasteiger partial charge in [-0.25, -0.2) is 0 Å². The minimum Gasteiger partial charge on any atom is -0.328 e. The summed E-state index contributed by atoms with van der Waals surface area (Å²) < 4.78 is 0. The SMILES string of the molecule is CC(=O)c1ccc(-c2cccc(C)c2NC=O)cc1. The molecule has 0 aliphatic heterocycles. The van der Waals surface area contributed by atoms with Crippen LogP contribution in [0.5, 0.6) is 0 Å². The second-order valence-electron chi connectivity index (χ2n) is 4.39. The summed E-state index contributed by atoms with van der Waals surface area (Å²) in [5.74, 6) is 0.0435. The highest BCUT2D eigenvalue weighted by Crippen LogP contribution is 2.30. The lowest BCUT2D eigenvalue weighted by Crippen LogP contribution is -1.99. The average molecular weight is 253 g/mol. The Morgan fingerprint density at radius 1 is 1.11 bits per heavy atom. The zero-order valence-electron chi connectivity index (χ0n) is 10.9. The van der Waals surface area contributed by atoms with Crippen molar-refractivity contribution in [1.82, 2.24) is 0 Å². The zero-order valence-corrected chi connectivity index (χ0v) is 10.9. The third-order valence-electron chi connectivity index (χ3n) is 3.08. The van der Waals surface area contributed by atoms with E-state index in [0.29, 0.717) is 12.0 Å². The summed E-state index contributed by atoms with van der Waals surface area (Å²) in [6.07, 6.45) is 0.676. The van der Waals surface area contributed by atoms with Crippen molar-refractivity contribution < 1.29 is 9.59 Å². The van der Waals surface area contributed by atoms with E-state index in [1.165, 1.54) is 0 Å². The van der Waals surface area contributed by atoms with Crippen LogP contribution in [0, 0.1) is 6.92 Å². The Kier molecular flexibility index (Phi) is 3.76. The van der Waals surface area contributed by atoms with Gasteiger partial charge in [0.2, 0.25) is 6.41 Å². The van der Waals surface area contributed by atoms with E-state index < -0.39 is 0 Å². The zero-order chi connectivity index (χ0) is 13.8. The van der Waals surface area contributed by atoms with Gasteiger partial charge in [-0.2, -0.15) is 0 Å². The number of carbonyl (C=O) groups is 2. The van der Waals surface area contributed by atoms with Gasteiger partial charge in [-0.05, 0) is 25.0 Å². The summed E-state index contributed by atoms with van der Waals surface area (Å²) in [5, 5.41) is 2.73. The summed E-state index contributed by atoms with van der Waals surface area (Å²) in [7, 11) is 0. The van der Waals surface area contributed by atoms with Crippen LogP contribution >= 0.6 is 0 Å². The quantitative estimate of drug-likeness (QED) is 0.670. The molecule has 0 spiro atoms. The molecule has 3 heteroatoms. The second-order valence-corrected chi connectivity index (χ2v) is 4.39. The van der Waals surface area contributed by atoms with Gasteiger partial charge in [0, 0.05) is 11.1 Å². The maximum Gasteiger partial charge on any atom is 0.211 e. The van der Waals surface area contributed by atoms with E-state index in [2.05, 4.69) is 5.32 Å². The first-order chi connectivity index (χ1) is 9.13. The van der Waals surface area contributed by atoms with Crippen LogP contribution in [0.4, 0.5) is 5.69 Å². The summed E-state index contributed by atoms with van der Waals surface area (Å²) in [6.45, 7) is 3.49.